The Bertz CT molecular complexity index is 203. The van der Waals surface area contributed by atoms with Gasteiger partial charge in [0.2, 0.25) is 0 Å². The Hall–Kier alpha value is -0.240. The molecule has 0 aliphatic heterocycles. The van der Waals surface area contributed by atoms with Crippen LogP contribution in [0.5, 0.6) is 0 Å². The quantitative estimate of drug-likeness (QED) is 0.476. The molecule has 0 unspecified atom stereocenters. The van der Waals surface area contributed by atoms with Crippen molar-refractivity contribution in [2.24, 2.45) is 5.73 Å². The molecule has 0 saturated carbocycles. The first-order valence-corrected chi connectivity index (χ1v) is 5.06. The van der Waals surface area contributed by atoms with E-state index in [0.29, 0.717) is 4.99 Å². The maximum Gasteiger partial charge on any atom is 0.394 e. The average Bonchev–Trinajstić information content (AvgIpc) is 1.79. The molecule has 0 bridgehead atoms. The molecule has 0 aromatic rings. The van der Waals surface area contributed by atoms with E-state index in [1.54, 1.807) is 0 Å². The van der Waals surface area contributed by atoms with Crippen LogP contribution in [0, 0.1) is 0 Å². The van der Waals surface area contributed by atoms with E-state index >= 15 is 0 Å². The van der Waals surface area contributed by atoms with Gasteiger partial charge >= 0.3 is 10.4 Å². The fraction of sp³-hybridized carbons (Fsp3) is 0.800. The summed E-state index contributed by atoms with van der Waals surface area (Å²) >= 11 is 4.64. The maximum absolute atomic E-state index is 8.74. The fourth-order valence-electron chi connectivity index (χ4n) is 0.351. The van der Waals surface area contributed by atoms with Crippen molar-refractivity contribution in [3.05, 3.63) is 0 Å². The summed E-state index contributed by atoms with van der Waals surface area (Å²) in [7, 11) is -4.67. The standard InChI is InChI=1S/C5H11NS.H2O4S/c1-2-3-4-5(6)7;1-5(2,3)4/h2-4H2,1H3,(H2,6,7);(H2,1,2,3,4). The molecule has 4 N–H and O–H groups in total. The van der Waals surface area contributed by atoms with E-state index in [4.69, 9.17) is 23.3 Å². The Morgan fingerprint density at radius 3 is 1.92 bits per heavy atom. The summed E-state index contributed by atoms with van der Waals surface area (Å²) in [6.07, 6.45) is 3.22. The van der Waals surface area contributed by atoms with E-state index in [1.807, 2.05) is 0 Å². The van der Waals surface area contributed by atoms with Gasteiger partial charge in [-0.05, 0) is 12.8 Å². The fourth-order valence-corrected chi connectivity index (χ4v) is 0.495. The first-order valence-electron chi connectivity index (χ1n) is 3.25. The Morgan fingerprint density at radius 1 is 1.50 bits per heavy atom. The SMILES string of the molecule is CCCCC(N)=S.O=S(=O)(O)O. The Labute approximate surface area is 77.5 Å². The lowest BCUT2D eigenvalue weighted by molar-refractivity contribution is 0.381. The van der Waals surface area contributed by atoms with Gasteiger partial charge in [0.25, 0.3) is 0 Å². The van der Waals surface area contributed by atoms with Crippen molar-refractivity contribution in [1.29, 1.82) is 0 Å². The van der Waals surface area contributed by atoms with Crippen molar-refractivity contribution in [3.8, 4) is 0 Å². The van der Waals surface area contributed by atoms with Gasteiger partial charge in [0.15, 0.2) is 0 Å². The van der Waals surface area contributed by atoms with Crippen LogP contribution in [0.4, 0.5) is 0 Å². The molecule has 0 aromatic carbocycles. The minimum Gasteiger partial charge on any atom is -0.393 e. The first kappa shape index (κ1) is 14.3. The van der Waals surface area contributed by atoms with Gasteiger partial charge in [-0.15, -0.1) is 0 Å². The molecule has 7 heteroatoms. The minimum atomic E-state index is -4.67. The van der Waals surface area contributed by atoms with Crippen molar-refractivity contribution >= 4 is 27.6 Å². The highest BCUT2D eigenvalue weighted by Gasteiger charge is 1.84. The molecule has 0 aromatic heterocycles. The van der Waals surface area contributed by atoms with E-state index in [1.165, 1.54) is 6.42 Å². The first-order chi connectivity index (χ1) is 5.27. The summed E-state index contributed by atoms with van der Waals surface area (Å²) in [5, 5.41) is 0. The molecule has 0 radical (unpaired) electrons. The molecule has 5 nitrogen and oxygen atoms in total. The summed E-state index contributed by atoms with van der Waals surface area (Å²) < 4.78 is 31.6. The van der Waals surface area contributed by atoms with Gasteiger partial charge in [-0.3, -0.25) is 9.11 Å². The van der Waals surface area contributed by atoms with Crippen LogP contribution in [0.2, 0.25) is 0 Å². The molecule has 12 heavy (non-hydrogen) atoms. The second kappa shape index (κ2) is 7.41. The smallest absolute Gasteiger partial charge is 0.393 e. The summed E-state index contributed by atoms with van der Waals surface area (Å²) in [4.78, 5) is 0.641. The number of thiocarbonyl (C=S) groups is 1. The van der Waals surface area contributed by atoms with E-state index in [-0.39, 0.29) is 0 Å². The molecule has 0 fully saturated rings. The molecule has 0 spiro atoms. The van der Waals surface area contributed by atoms with E-state index < -0.39 is 10.4 Å². The van der Waals surface area contributed by atoms with Gasteiger partial charge in [0.1, 0.15) is 0 Å². The summed E-state index contributed by atoms with van der Waals surface area (Å²) in [6, 6.07) is 0. The Kier molecular flexibility index (Phi) is 8.83. The van der Waals surface area contributed by atoms with Crippen molar-refractivity contribution in [2.75, 3.05) is 0 Å². The summed E-state index contributed by atoms with van der Waals surface area (Å²) in [5.41, 5.74) is 5.21. The Morgan fingerprint density at radius 2 is 1.83 bits per heavy atom. The van der Waals surface area contributed by atoms with Crippen LogP contribution < -0.4 is 5.73 Å². The molecular formula is C5H13NO4S2. The molecule has 0 heterocycles. The highest BCUT2D eigenvalue weighted by molar-refractivity contribution is 7.80. The van der Waals surface area contributed by atoms with Crippen LogP contribution in [0.1, 0.15) is 26.2 Å². The topological polar surface area (TPSA) is 101 Å². The third-order valence-electron chi connectivity index (χ3n) is 0.777. The van der Waals surface area contributed by atoms with E-state index in [2.05, 4.69) is 19.1 Å². The molecule has 0 saturated heterocycles. The zero-order valence-electron chi connectivity index (χ0n) is 6.73. The van der Waals surface area contributed by atoms with Crippen LogP contribution in [0.15, 0.2) is 0 Å². The number of hydrogen-bond acceptors (Lipinski definition) is 3. The van der Waals surface area contributed by atoms with Gasteiger partial charge in [0.05, 0.1) is 4.99 Å². The third kappa shape index (κ3) is 53.0. The van der Waals surface area contributed by atoms with Crippen molar-refractivity contribution < 1.29 is 17.5 Å². The summed E-state index contributed by atoms with van der Waals surface area (Å²) in [5.74, 6) is 0. The van der Waals surface area contributed by atoms with E-state index in [9.17, 15) is 0 Å². The van der Waals surface area contributed by atoms with Crippen LogP contribution in [0.25, 0.3) is 0 Å². The number of nitrogens with two attached hydrogens (primary N) is 1. The van der Waals surface area contributed by atoms with Gasteiger partial charge in [-0.2, -0.15) is 8.42 Å². The van der Waals surface area contributed by atoms with Gasteiger partial charge in [-0.25, -0.2) is 0 Å². The highest BCUT2D eigenvalue weighted by Crippen LogP contribution is 1.91. The third-order valence-corrected chi connectivity index (χ3v) is 0.981. The molecule has 0 rings (SSSR count). The lowest BCUT2D eigenvalue weighted by atomic mass is 10.3. The average molecular weight is 215 g/mol. The minimum absolute atomic E-state index is 0.641. The Balaban J connectivity index is 0. The molecular weight excluding hydrogens is 202 g/mol. The van der Waals surface area contributed by atoms with Crippen molar-refractivity contribution in [1.82, 2.24) is 0 Å². The van der Waals surface area contributed by atoms with Crippen LogP contribution in [-0.4, -0.2) is 22.5 Å². The molecule has 0 aliphatic rings. The zero-order chi connectivity index (χ0) is 10.2. The van der Waals surface area contributed by atoms with Gasteiger partial charge in [0, 0.05) is 0 Å². The van der Waals surface area contributed by atoms with Gasteiger partial charge < -0.3 is 5.73 Å². The predicted octanol–water partition coefficient (Wildman–Crippen LogP) is 0.810. The number of unbranched alkanes of at least 4 members (excludes halogenated alkanes) is 1. The molecule has 74 valence electrons. The maximum atomic E-state index is 8.74. The monoisotopic (exact) mass is 215 g/mol. The lowest BCUT2D eigenvalue weighted by Gasteiger charge is -1.90. The number of rotatable bonds is 3. The normalized spacial score (nSPS) is 9.92. The molecule has 0 atom stereocenters. The van der Waals surface area contributed by atoms with Crippen molar-refractivity contribution in [3.63, 3.8) is 0 Å². The van der Waals surface area contributed by atoms with Crippen molar-refractivity contribution in [2.45, 2.75) is 26.2 Å². The van der Waals surface area contributed by atoms with Crippen LogP contribution >= 0.6 is 12.2 Å². The molecule has 0 aliphatic carbocycles. The second-order valence-electron chi connectivity index (χ2n) is 2.02. The summed E-state index contributed by atoms with van der Waals surface area (Å²) in [6.45, 7) is 2.12. The molecule has 0 amide bonds. The largest absolute Gasteiger partial charge is 0.394 e. The van der Waals surface area contributed by atoms with Crippen LogP contribution in [0.3, 0.4) is 0 Å². The highest BCUT2D eigenvalue weighted by atomic mass is 32.3. The van der Waals surface area contributed by atoms with E-state index in [0.717, 1.165) is 12.8 Å². The van der Waals surface area contributed by atoms with Crippen LogP contribution in [-0.2, 0) is 10.4 Å². The second-order valence-corrected chi connectivity index (χ2v) is 3.44. The predicted molar refractivity (Wildman–Crippen MR) is 50.5 cm³/mol. The number of hydrogen-bond donors (Lipinski definition) is 3. The lowest BCUT2D eigenvalue weighted by Crippen LogP contribution is -2.06. The zero-order valence-corrected chi connectivity index (χ0v) is 8.36. The van der Waals surface area contributed by atoms with Gasteiger partial charge in [-0.1, -0.05) is 25.6 Å².